The molecule has 168 valence electrons. The van der Waals surface area contributed by atoms with Gasteiger partial charge in [0.1, 0.15) is 12.4 Å². The number of thiazole rings is 1. The SMILES string of the molecule is CC(C)CN(CC(=O)Nc1nc(CC(=O)Nc2ccccc2F)cs1)C(=O)c1ccco1. The predicted octanol–water partition coefficient (Wildman–Crippen LogP) is 3.79. The predicted molar refractivity (Wildman–Crippen MR) is 119 cm³/mol. The molecule has 2 heterocycles. The number of hydrogen-bond donors (Lipinski definition) is 2. The summed E-state index contributed by atoms with van der Waals surface area (Å²) >= 11 is 1.16. The van der Waals surface area contributed by atoms with Crippen molar-refractivity contribution in [3.05, 3.63) is 65.3 Å². The zero-order valence-electron chi connectivity index (χ0n) is 17.6. The van der Waals surface area contributed by atoms with E-state index in [4.69, 9.17) is 4.42 Å². The lowest BCUT2D eigenvalue weighted by Gasteiger charge is -2.22. The first-order valence-electron chi connectivity index (χ1n) is 9.93. The Hall–Kier alpha value is -3.53. The van der Waals surface area contributed by atoms with Crippen LogP contribution in [0.3, 0.4) is 0 Å². The van der Waals surface area contributed by atoms with Gasteiger partial charge < -0.3 is 20.0 Å². The number of nitrogens with one attached hydrogen (secondary N) is 2. The summed E-state index contributed by atoms with van der Waals surface area (Å²) in [5.74, 6) is -1.42. The van der Waals surface area contributed by atoms with Crippen LogP contribution < -0.4 is 10.6 Å². The molecule has 0 radical (unpaired) electrons. The molecule has 0 aliphatic carbocycles. The molecule has 8 nitrogen and oxygen atoms in total. The Balaban J connectivity index is 1.56. The number of rotatable bonds is 9. The van der Waals surface area contributed by atoms with Gasteiger partial charge in [-0.05, 0) is 30.2 Å². The number of carbonyl (C=O) groups excluding carboxylic acids is 3. The molecule has 0 atom stereocenters. The average molecular weight is 459 g/mol. The topological polar surface area (TPSA) is 105 Å². The number of benzene rings is 1. The molecule has 10 heteroatoms. The summed E-state index contributed by atoms with van der Waals surface area (Å²) in [6.45, 7) is 4.10. The number of aromatic nitrogens is 1. The Morgan fingerprint density at radius 2 is 1.91 bits per heavy atom. The Morgan fingerprint density at radius 1 is 1.12 bits per heavy atom. The quantitative estimate of drug-likeness (QED) is 0.508. The van der Waals surface area contributed by atoms with E-state index in [0.717, 1.165) is 11.3 Å². The van der Waals surface area contributed by atoms with Crippen LogP contribution in [0, 0.1) is 11.7 Å². The largest absolute Gasteiger partial charge is 0.459 e. The van der Waals surface area contributed by atoms with Crippen molar-refractivity contribution < 1.29 is 23.2 Å². The molecule has 3 amide bonds. The molecule has 0 saturated carbocycles. The van der Waals surface area contributed by atoms with E-state index in [1.54, 1.807) is 23.6 Å². The van der Waals surface area contributed by atoms with Crippen LogP contribution in [0.5, 0.6) is 0 Å². The van der Waals surface area contributed by atoms with Gasteiger partial charge in [0.25, 0.3) is 5.91 Å². The molecule has 0 fully saturated rings. The number of anilines is 2. The van der Waals surface area contributed by atoms with Crippen LogP contribution >= 0.6 is 11.3 Å². The molecule has 32 heavy (non-hydrogen) atoms. The van der Waals surface area contributed by atoms with Crippen molar-refractivity contribution in [2.75, 3.05) is 23.7 Å². The van der Waals surface area contributed by atoms with Crippen molar-refractivity contribution in [1.29, 1.82) is 0 Å². The van der Waals surface area contributed by atoms with Crippen LogP contribution in [0.2, 0.25) is 0 Å². The van der Waals surface area contributed by atoms with Crippen LogP contribution in [0.1, 0.15) is 30.1 Å². The molecule has 3 rings (SSSR count). The van der Waals surface area contributed by atoms with Gasteiger partial charge in [0.15, 0.2) is 10.9 Å². The Bertz CT molecular complexity index is 1080. The van der Waals surface area contributed by atoms with Crippen molar-refractivity contribution in [3.8, 4) is 0 Å². The molecular weight excluding hydrogens is 435 g/mol. The molecule has 2 aromatic heterocycles. The fraction of sp³-hybridized carbons (Fsp3) is 0.273. The van der Waals surface area contributed by atoms with Gasteiger partial charge in [-0.3, -0.25) is 14.4 Å². The third kappa shape index (κ3) is 6.48. The van der Waals surface area contributed by atoms with Crippen molar-refractivity contribution in [2.45, 2.75) is 20.3 Å². The van der Waals surface area contributed by atoms with Crippen molar-refractivity contribution in [3.63, 3.8) is 0 Å². The van der Waals surface area contributed by atoms with Crippen LogP contribution in [0.4, 0.5) is 15.2 Å². The lowest BCUT2D eigenvalue weighted by Crippen LogP contribution is -2.40. The molecule has 0 saturated heterocycles. The van der Waals surface area contributed by atoms with Gasteiger partial charge in [-0.2, -0.15) is 0 Å². The highest BCUT2D eigenvalue weighted by molar-refractivity contribution is 7.13. The normalized spacial score (nSPS) is 10.8. The summed E-state index contributed by atoms with van der Waals surface area (Å²) < 4.78 is 18.8. The Labute approximate surface area is 188 Å². The number of amides is 3. The minimum absolute atomic E-state index is 0.0723. The standard InChI is InChI=1S/C22H23FN4O4S/c1-14(2)11-27(21(30)18-8-5-9-31-18)12-20(29)26-22-24-15(13-32-22)10-19(28)25-17-7-4-3-6-16(17)23/h3-9,13-14H,10-12H2,1-2H3,(H,25,28)(H,24,26,29). The maximum Gasteiger partial charge on any atom is 0.290 e. The molecule has 0 aliphatic rings. The lowest BCUT2D eigenvalue weighted by molar-refractivity contribution is -0.117. The first kappa shape index (κ1) is 23.1. The van der Waals surface area contributed by atoms with Gasteiger partial charge in [0, 0.05) is 11.9 Å². The number of carbonyl (C=O) groups is 3. The number of nitrogens with zero attached hydrogens (tertiary/aromatic N) is 2. The summed E-state index contributed by atoms with van der Waals surface area (Å²) in [5.41, 5.74) is 0.526. The van der Waals surface area contributed by atoms with E-state index in [1.807, 2.05) is 13.8 Å². The minimum atomic E-state index is -0.526. The number of hydrogen-bond acceptors (Lipinski definition) is 6. The summed E-state index contributed by atoms with van der Waals surface area (Å²) in [7, 11) is 0. The molecular formula is C22H23FN4O4S. The van der Waals surface area contributed by atoms with E-state index < -0.39 is 17.6 Å². The van der Waals surface area contributed by atoms with Gasteiger partial charge in [-0.25, -0.2) is 9.37 Å². The molecule has 0 aliphatic heterocycles. The highest BCUT2D eigenvalue weighted by Gasteiger charge is 2.22. The van der Waals surface area contributed by atoms with E-state index in [2.05, 4.69) is 15.6 Å². The highest BCUT2D eigenvalue weighted by atomic mass is 32.1. The van der Waals surface area contributed by atoms with Gasteiger partial charge in [0.2, 0.25) is 11.8 Å². The second-order valence-corrected chi connectivity index (χ2v) is 8.31. The monoisotopic (exact) mass is 458 g/mol. The van der Waals surface area contributed by atoms with Gasteiger partial charge in [-0.1, -0.05) is 26.0 Å². The summed E-state index contributed by atoms with van der Waals surface area (Å²) in [6, 6.07) is 9.03. The second-order valence-electron chi connectivity index (χ2n) is 7.45. The van der Waals surface area contributed by atoms with Gasteiger partial charge in [-0.15, -0.1) is 11.3 Å². The van der Waals surface area contributed by atoms with Crippen LogP contribution in [-0.2, 0) is 16.0 Å². The van der Waals surface area contributed by atoms with Crippen LogP contribution in [0.15, 0.2) is 52.5 Å². The van der Waals surface area contributed by atoms with E-state index >= 15 is 0 Å². The van der Waals surface area contributed by atoms with E-state index in [9.17, 15) is 18.8 Å². The first-order valence-corrected chi connectivity index (χ1v) is 10.8. The number of halogens is 1. The third-order valence-corrected chi connectivity index (χ3v) is 5.03. The second kappa shape index (κ2) is 10.7. The molecule has 0 unspecified atom stereocenters. The van der Waals surface area contributed by atoms with Crippen molar-refractivity contribution in [1.82, 2.24) is 9.88 Å². The summed E-state index contributed by atoms with van der Waals surface area (Å²) in [6.07, 6.45) is 1.33. The summed E-state index contributed by atoms with van der Waals surface area (Å²) in [4.78, 5) is 42.9. The fourth-order valence-corrected chi connectivity index (χ4v) is 3.64. The van der Waals surface area contributed by atoms with Crippen LogP contribution in [-0.4, -0.2) is 40.7 Å². The number of para-hydroxylation sites is 1. The first-order chi connectivity index (χ1) is 15.3. The summed E-state index contributed by atoms with van der Waals surface area (Å²) in [5, 5.41) is 7.08. The molecule has 2 N–H and O–H groups in total. The fourth-order valence-electron chi connectivity index (χ4n) is 2.92. The zero-order valence-corrected chi connectivity index (χ0v) is 18.4. The molecule has 0 bridgehead atoms. The van der Waals surface area contributed by atoms with Gasteiger partial charge >= 0.3 is 0 Å². The average Bonchev–Trinajstić information content (AvgIpc) is 3.41. The van der Waals surface area contributed by atoms with Gasteiger partial charge in [0.05, 0.1) is 24.1 Å². The highest BCUT2D eigenvalue weighted by Crippen LogP contribution is 2.18. The van der Waals surface area contributed by atoms with E-state index in [0.29, 0.717) is 17.4 Å². The number of furan rings is 1. The van der Waals surface area contributed by atoms with E-state index in [-0.39, 0.29) is 36.2 Å². The smallest absolute Gasteiger partial charge is 0.290 e. The molecule has 1 aromatic carbocycles. The lowest BCUT2D eigenvalue weighted by atomic mass is 10.2. The van der Waals surface area contributed by atoms with Crippen molar-refractivity contribution >= 4 is 39.9 Å². The third-order valence-electron chi connectivity index (χ3n) is 4.23. The minimum Gasteiger partial charge on any atom is -0.459 e. The van der Waals surface area contributed by atoms with Crippen LogP contribution in [0.25, 0.3) is 0 Å². The molecule has 0 spiro atoms. The van der Waals surface area contributed by atoms with E-state index in [1.165, 1.54) is 29.4 Å². The molecule has 3 aromatic rings. The Morgan fingerprint density at radius 3 is 2.59 bits per heavy atom. The van der Waals surface area contributed by atoms with Crippen molar-refractivity contribution in [2.24, 2.45) is 5.92 Å². The maximum absolute atomic E-state index is 13.7. The zero-order chi connectivity index (χ0) is 23.1. The Kier molecular flexibility index (Phi) is 7.72. The maximum atomic E-state index is 13.7.